The number of nitrogens with one attached hydrogen (secondary N) is 2. The predicted octanol–water partition coefficient (Wildman–Crippen LogP) is 2.15. The van der Waals surface area contributed by atoms with Crippen LogP contribution in [0.25, 0.3) is 0 Å². The van der Waals surface area contributed by atoms with Crippen molar-refractivity contribution in [2.45, 2.75) is 70.2 Å². The summed E-state index contributed by atoms with van der Waals surface area (Å²) in [5.41, 5.74) is -0.331. The monoisotopic (exact) mass is 596 g/mol. The van der Waals surface area contributed by atoms with E-state index in [-0.39, 0.29) is 31.7 Å². The van der Waals surface area contributed by atoms with E-state index < -0.39 is 47.2 Å². The minimum Gasteiger partial charge on any atom is -0.491 e. The molecule has 2 unspecified atom stereocenters. The van der Waals surface area contributed by atoms with Crippen molar-refractivity contribution in [3.8, 4) is 11.5 Å². The van der Waals surface area contributed by atoms with Gasteiger partial charge < -0.3 is 30.3 Å². The number of amides is 6. The molecule has 12 heteroatoms. The van der Waals surface area contributed by atoms with Gasteiger partial charge in [-0.25, -0.2) is 9.59 Å². The SMILES string of the molecule is CC1(C)NC(=O)N(CC(O)COc2ccc(C(C)(C)c3ccc(OCC(O)CN4C(=O)NC(C)(C)C4=O)cc3)cc2)C1=O. The lowest BCUT2D eigenvalue weighted by atomic mass is 9.78. The van der Waals surface area contributed by atoms with E-state index in [1.807, 2.05) is 24.3 Å². The van der Waals surface area contributed by atoms with Crippen molar-refractivity contribution in [3.63, 3.8) is 0 Å². The third-order valence-corrected chi connectivity index (χ3v) is 7.71. The summed E-state index contributed by atoms with van der Waals surface area (Å²) < 4.78 is 11.4. The van der Waals surface area contributed by atoms with Crippen LogP contribution in [-0.2, 0) is 15.0 Å². The molecule has 2 aliphatic heterocycles. The molecule has 6 amide bonds. The third-order valence-electron chi connectivity index (χ3n) is 7.71. The fraction of sp³-hybridized carbons (Fsp3) is 0.484. The number of benzene rings is 2. The molecule has 0 aromatic heterocycles. The molecule has 0 bridgehead atoms. The summed E-state index contributed by atoms with van der Waals surface area (Å²) in [7, 11) is 0. The molecule has 0 spiro atoms. The largest absolute Gasteiger partial charge is 0.491 e. The number of carbonyl (C=O) groups excluding carboxylic acids is 4. The summed E-state index contributed by atoms with van der Waals surface area (Å²) in [5, 5.41) is 25.9. The second-order valence-corrected chi connectivity index (χ2v) is 12.5. The maximum Gasteiger partial charge on any atom is 0.325 e. The van der Waals surface area contributed by atoms with E-state index in [4.69, 9.17) is 9.47 Å². The van der Waals surface area contributed by atoms with Crippen molar-refractivity contribution in [1.82, 2.24) is 20.4 Å². The van der Waals surface area contributed by atoms with Gasteiger partial charge in [0, 0.05) is 5.41 Å². The second kappa shape index (κ2) is 11.8. The molecule has 0 radical (unpaired) electrons. The van der Waals surface area contributed by atoms with E-state index in [0.29, 0.717) is 11.5 Å². The van der Waals surface area contributed by atoms with E-state index in [1.165, 1.54) is 0 Å². The molecule has 2 atom stereocenters. The number of imide groups is 2. The molecular formula is C31H40N4O8. The number of hydrogen-bond acceptors (Lipinski definition) is 8. The molecule has 0 aliphatic carbocycles. The Balaban J connectivity index is 1.27. The summed E-state index contributed by atoms with van der Waals surface area (Å²) >= 11 is 0. The molecule has 4 N–H and O–H groups in total. The summed E-state index contributed by atoms with van der Waals surface area (Å²) in [6.45, 7) is 10.1. The molecule has 2 fully saturated rings. The van der Waals surface area contributed by atoms with Gasteiger partial charge >= 0.3 is 12.1 Å². The molecule has 4 rings (SSSR count). The molecular weight excluding hydrogens is 556 g/mol. The number of aliphatic hydroxyl groups is 2. The van der Waals surface area contributed by atoms with Crippen LogP contribution in [0.3, 0.4) is 0 Å². The smallest absolute Gasteiger partial charge is 0.325 e. The van der Waals surface area contributed by atoms with Gasteiger partial charge in [-0.05, 0) is 63.1 Å². The van der Waals surface area contributed by atoms with Crippen LogP contribution in [0.4, 0.5) is 9.59 Å². The first-order valence-electron chi connectivity index (χ1n) is 14.1. The molecule has 0 saturated carbocycles. The van der Waals surface area contributed by atoms with Crippen molar-refractivity contribution in [3.05, 3.63) is 59.7 Å². The lowest BCUT2D eigenvalue weighted by Gasteiger charge is -2.27. The van der Waals surface area contributed by atoms with Crippen molar-refractivity contribution in [2.24, 2.45) is 0 Å². The normalized spacial score (nSPS) is 19.3. The molecule has 2 aromatic carbocycles. The first-order valence-corrected chi connectivity index (χ1v) is 14.1. The number of nitrogens with zero attached hydrogens (tertiary/aromatic N) is 2. The van der Waals surface area contributed by atoms with Crippen LogP contribution in [0.5, 0.6) is 11.5 Å². The van der Waals surface area contributed by atoms with E-state index in [0.717, 1.165) is 20.9 Å². The summed E-state index contributed by atoms with van der Waals surface area (Å²) in [6, 6.07) is 13.8. The van der Waals surface area contributed by atoms with Crippen LogP contribution in [-0.4, -0.2) is 93.5 Å². The highest BCUT2D eigenvalue weighted by atomic mass is 16.5. The fourth-order valence-corrected chi connectivity index (χ4v) is 4.98. The van der Waals surface area contributed by atoms with Gasteiger partial charge in [0.15, 0.2) is 0 Å². The fourth-order valence-electron chi connectivity index (χ4n) is 4.98. The maximum atomic E-state index is 12.3. The van der Waals surface area contributed by atoms with Crippen LogP contribution in [0.2, 0.25) is 0 Å². The highest BCUT2D eigenvalue weighted by Crippen LogP contribution is 2.33. The number of hydrogen-bond donors (Lipinski definition) is 4. The Bertz CT molecular complexity index is 1270. The quantitative estimate of drug-likeness (QED) is 0.272. The lowest BCUT2D eigenvalue weighted by Crippen LogP contribution is -2.42. The van der Waals surface area contributed by atoms with Crippen molar-refractivity contribution < 1.29 is 38.9 Å². The van der Waals surface area contributed by atoms with Crippen LogP contribution < -0.4 is 20.1 Å². The Kier molecular flexibility index (Phi) is 8.75. The average Bonchev–Trinajstić information content (AvgIpc) is 3.26. The minimum absolute atomic E-state index is 0.0874. The van der Waals surface area contributed by atoms with Crippen LogP contribution in [0.1, 0.15) is 52.7 Å². The number of aliphatic hydroxyl groups excluding tert-OH is 2. The Labute approximate surface area is 250 Å². The molecule has 2 heterocycles. The number of carbonyl (C=O) groups is 4. The number of β-amino-alcohol motifs (C(OH)–C–C–N with tert-alkyl or cyclic N) is 2. The number of urea groups is 2. The highest BCUT2D eigenvalue weighted by molar-refractivity contribution is 6.07. The Morgan fingerprint density at radius 2 is 1.00 bits per heavy atom. The van der Waals surface area contributed by atoms with Gasteiger partial charge in [0.05, 0.1) is 13.1 Å². The predicted molar refractivity (Wildman–Crippen MR) is 157 cm³/mol. The molecule has 43 heavy (non-hydrogen) atoms. The van der Waals surface area contributed by atoms with Crippen molar-refractivity contribution in [1.29, 1.82) is 0 Å². The second-order valence-electron chi connectivity index (χ2n) is 12.5. The van der Waals surface area contributed by atoms with Crippen LogP contribution >= 0.6 is 0 Å². The zero-order valence-electron chi connectivity index (χ0n) is 25.3. The Morgan fingerprint density at radius 3 is 1.28 bits per heavy atom. The third kappa shape index (κ3) is 6.91. The number of ether oxygens (including phenoxy) is 2. The van der Waals surface area contributed by atoms with Gasteiger partial charge in [0.25, 0.3) is 11.8 Å². The Hall–Kier alpha value is -4.16. The minimum atomic E-state index is -1.05. The zero-order valence-corrected chi connectivity index (χ0v) is 25.3. The van der Waals surface area contributed by atoms with E-state index >= 15 is 0 Å². The Morgan fingerprint density at radius 1 is 0.674 bits per heavy atom. The zero-order chi connectivity index (χ0) is 31.7. The lowest BCUT2D eigenvalue weighted by molar-refractivity contribution is -0.132. The average molecular weight is 597 g/mol. The standard InChI is InChI=1S/C31H40N4O8/c1-29(2,19-7-11-23(12-8-19)42-17-21(36)15-34-25(38)30(3,4)32-27(34)40)20-9-13-24(14-10-20)43-18-22(37)16-35-26(39)31(5,6)33-28(35)41/h7-14,21-22,36-37H,15-18H2,1-6H3,(H,32,40)(H,33,41). The molecule has 2 aromatic rings. The van der Waals surface area contributed by atoms with E-state index in [2.05, 4.69) is 24.5 Å². The molecule has 232 valence electrons. The van der Waals surface area contributed by atoms with E-state index in [1.54, 1.807) is 52.0 Å². The summed E-state index contributed by atoms with van der Waals surface area (Å²) in [4.78, 5) is 50.7. The first kappa shape index (κ1) is 31.8. The maximum absolute atomic E-state index is 12.3. The molecule has 2 saturated heterocycles. The van der Waals surface area contributed by atoms with Crippen LogP contribution in [0, 0.1) is 0 Å². The van der Waals surface area contributed by atoms with Crippen molar-refractivity contribution in [2.75, 3.05) is 26.3 Å². The van der Waals surface area contributed by atoms with Crippen LogP contribution in [0.15, 0.2) is 48.5 Å². The van der Waals surface area contributed by atoms with Gasteiger partial charge in [0.1, 0.15) is 48.0 Å². The summed E-state index contributed by atoms with van der Waals surface area (Å²) in [5.74, 6) is 0.288. The van der Waals surface area contributed by atoms with Gasteiger partial charge in [-0.15, -0.1) is 0 Å². The summed E-state index contributed by atoms with van der Waals surface area (Å²) in [6.07, 6.45) is -2.09. The number of rotatable bonds is 12. The highest BCUT2D eigenvalue weighted by Gasteiger charge is 2.45. The topological polar surface area (TPSA) is 158 Å². The first-order chi connectivity index (χ1) is 20.0. The van der Waals surface area contributed by atoms with Gasteiger partial charge in [-0.3, -0.25) is 19.4 Å². The molecule has 2 aliphatic rings. The van der Waals surface area contributed by atoms with Crippen molar-refractivity contribution >= 4 is 23.9 Å². The van der Waals surface area contributed by atoms with Gasteiger partial charge in [-0.2, -0.15) is 0 Å². The van der Waals surface area contributed by atoms with E-state index in [9.17, 15) is 29.4 Å². The molecule has 12 nitrogen and oxygen atoms in total. The van der Waals surface area contributed by atoms with Gasteiger partial charge in [0.2, 0.25) is 0 Å². The van der Waals surface area contributed by atoms with Gasteiger partial charge in [-0.1, -0.05) is 38.1 Å².